The summed E-state index contributed by atoms with van der Waals surface area (Å²) in [5.41, 5.74) is 1.15. The van der Waals surface area contributed by atoms with E-state index < -0.39 is 0 Å². The van der Waals surface area contributed by atoms with Crippen molar-refractivity contribution in [1.29, 1.82) is 0 Å². The lowest BCUT2D eigenvalue weighted by Crippen LogP contribution is -2.37. The highest BCUT2D eigenvalue weighted by molar-refractivity contribution is 5.50. The van der Waals surface area contributed by atoms with E-state index in [2.05, 4.69) is 24.9 Å². The SMILES string of the molecule is CCC1CCC(O)C(CN(C)c2cccc(OC)c2)C1. The minimum atomic E-state index is -0.147. The first-order valence-corrected chi connectivity index (χ1v) is 7.67. The quantitative estimate of drug-likeness (QED) is 0.896. The van der Waals surface area contributed by atoms with Crippen LogP contribution in [0.2, 0.25) is 0 Å². The zero-order valence-electron chi connectivity index (χ0n) is 12.9. The zero-order valence-corrected chi connectivity index (χ0v) is 12.9. The molecule has 3 heteroatoms. The molecule has 1 saturated carbocycles. The van der Waals surface area contributed by atoms with Crippen molar-refractivity contribution in [1.82, 2.24) is 0 Å². The Kier molecular flexibility index (Phi) is 5.30. The van der Waals surface area contributed by atoms with Crippen LogP contribution < -0.4 is 9.64 Å². The Balaban J connectivity index is 2.00. The third kappa shape index (κ3) is 3.66. The van der Waals surface area contributed by atoms with Gasteiger partial charge in [-0.25, -0.2) is 0 Å². The van der Waals surface area contributed by atoms with Crippen molar-refractivity contribution < 1.29 is 9.84 Å². The summed E-state index contributed by atoms with van der Waals surface area (Å²) in [5.74, 6) is 2.04. The molecule has 0 amide bonds. The van der Waals surface area contributed by atoms with Gasteiger partial charge < -0.3 is 14.7 Å². The molecule has 20 heavy (non-hydrogen) atoms. The third-order valence-corrected chi connectivity index (χ3v) is 4.63. The summed E-state index contributed by atoms with van der Waals surface area (Å²) in [4.78, 5) is 2.23. The van der Waals surface area contributed by atoms with Crippen molar-refractivity contribution in [3.63, 3.8) is 0 Å². The van der Waals surface area contributed by atoms with Crippen LogP contribution in [0.3, 0.4) is 0 Å². The number of aliphatic hydroxyl groups excluding tert-OH is 1. The third-order valence-electron chi connectivity index (χ3n) is 4.63. The molecule has 1 fully saturated rings. The summed E-state index contributed by atoms with van der Waals surface area (Å²) in [6.45, 7) is 3.16. The van der Waals surface area contributed by atoms with Gasteiger partial charge in [0, 0.05) is 31.3 Å². The van der Waals surface area contributed by atoms with E-state index in [-0.39, 0.29) is 6.10 Å². The van der Waals surface area contributed by atoms with E-state index in [1.807, 2.05) is 18.2 Å². The highest BCUT2D eigenvalue weighted by Gasteiger charge is 2.29. The van der Waals surface area contributed by atoms with Crippen LogP contribution in [0.15, 0.2) is 24.3 Å². The molecule has 0 radical (unpaired) electrons. The molecule has 3 nitrogen and oxygen atoms in total. The number of methoxy groups -OCH3 is 1. The predicted molar refractivity (Wildman–Crippen MR) is 83.4 cm³/mol. The molecule has 2 rings (SSSR count). The number of hydrogen-bond acceptors (Lipinski definition) is 3. The fraction of sp³-hybridized carbons (Fsp3) is 0.647. The molecule has 1 N–H and O–H groups in total. The predicted octanol–water partition coefficient (Wildman–Crippen LogP) is 3.32. The Morgan fingerprint density at radius 2 is 2.15 bits per heavy atom. The molecule has 0 saturated heterocycles. The lowest BCUT2D eigenvalue weighted by molar-refractivity contribution is 0.0511. The number of rotatable bonds is 5. The normalized spacial score (nSPS) is 26.3. The molecule has 1 aliphatic carbocycles. The number of benzene rings is 1. The summed E-state index contributed by atoms with van der Waals surface area (Å²) in [6, 6.07) is 8.11. The standard InChI is InChI=1S/C17H27NO2/c1-4-13-8-9-17(19)14(10-13)12-18(2)15-6-5-7-16(11-15)20-3/h5-7,11,13-14,17,19H,4,8-10,12H2,1-3H3. The van der Waals surface area contributed by atoms with Crippen LogP contribution in [0.4, 0.5) is 5.69 Å². The van der Waals surface area contributed by atoms with Crippen molar-refractivity contribution in [3.05, 3.63) is 24.3 Å². The lowest BCUT2D eigenvalue weighted by atomic mass is 9.78. The van der Waals surface area contributed by atoms with Crippen molar-refractivity contribution in [2.75, 3.05) is 25.6 Å². The first kappa shape index (κ1) is 15.2. The Hall–Kier alpha value is -1.22. The van der Waals surface area contributed by atoms with E-state index in [9.17, 15) is 5.11 Å². The summed E-state index contributed by atoms with van der Waals surface area (Å²) < 4.78 is 5.27. The molecule has 0 spiro atoms. The molecular weight excluding hydrogens is 250 g/mol. The van der Waals surface area contributed by atoms with Gasteiger partial charge >= 0.3 is 0 Å². The maximum absolute atomic E-state index is 10.2. The van der Waals surface area contributed by atoms with E-state index in [1.165, 1.54) is 12.8 Å². The van der Waals surface area contributed by atoms with Crippen LogP contribution >= 0.6 is 0 Å². The minimum Gasteiger partial charge on any atom is -0.497 e. The van der Waals surface area contributed by atoms with Gasteiger partial charge in [0.05, 0.1) is 13.2 Å². The maximum Gasteiger partial charge on any atom is 0.120 e. The molecule has 0 aromatic heterocycles. The molecule has 3 atom stereocenters. The number of hydrogen-bond donors (Lipinski definition) is 1. The molecule has 0 bridgehead atoms. The van der Waals surface area contributed by atoms with Crippen LogP contribution in [0.5, 0.6) is 5.75 Å². The maximum atomic E-state index is 10.2. The van der Waals surface area contributed by atoms with Crippen LogP contribution in [0.1, 0.15) is 32.6 Å². The van der Waals surface area contributed by atoms with Gasteiger partial charge in [0.25, 0.3) is 0 Å². The summed E-state index contributed by atoms with van der Waals surface area (Å²) in [7, 11) is 3.78. The van der Waals surface area contributed by atoms with Crippen molar-refractivity contribution in [2.24, 2.45) is 11.8 Å². The fourth-order valence-electron chi connectivity index (χ4n) is 3.22. The topological polar surface area (TPSA) is 32.7 Å². The Labute approximate surface area is 122 Å². The second-order valence-corrected chi connectivity index (χ2v) is 6.00. The molecule has 112 valence electrons. The Morgan fingerprint density at radius 1 is 1.35 bits per heavy atom. The van der Waals surface area contributed by atoms with Crippen molar-refractivity contribution in [2.45, 2.75) is 38.7 Å². The van der Waals surface area contributed by atoms with Crippen LogP contribution in [0.25, 0.3) is 0 Å². The number of nitrogens with zero attached hydrogens (tertiary/aromatic N) is 1. The first-order chi connectivity index (χ1) is 9.63. The summed E-state index contributed by atoms with van der Waals surface area (Å²) in [6.07, 6.45) is 4.36. The number of aliphatic hydroxyl groups is 1. The van der Waals surface area contributed by atoms with E-state index in [0.29, 0.717) is 5.92 Å². The molecule has 1 aromatic rings. The molecule has 1 aromatic carbocycles. The second-order valence-electron chi connectivity index (χ2n) is 6.00. The van der Waals surface area contributed by atoms with Gasteiger partial charge in [0.15, 0.2) is 0 Å². The molecule has 0 heterocycles. The van der Waals surface area contributed by atoms with Gasteiger partial charge in [0.1, 0.15) is 5.75 Å². The molecule has 0 aliphatic heterocycles. The molecular formula is C17H27NO2. The van der Waals surface area contributed by atoms with Gasteiger partial charge in [-0.15, -0.1) is 0 Å². The van der Waals surface area contributed by atoms with E-state index in [4.69, 9.17) is 4.74 Å². The highest BCUT2D eigenvalue weighted by atomic mass is 16.5. The molecule has 3 unspecified atom stereocenters. The van der Waals surface area contributed by atoms with Crippen LogP contribution in [-0.4, -0.2) is 31.9 Å². The number of anilines is 1. The summed E-state index contributed by atoms with van der Waals surface area (Å²) >= 11 is 0. The van der Waals surface area contributed by atoms with Gasteiger partial charge in [0.2, 0.25) is 0 Å². The van der Waals surface area contributed by atoms with Gasteiger partial charge in [-0.1, -0.05) is 19.4 Å². The Bertz CT molecular complexity index is 421. The van der Waals surface area contributed by atoms with Crippen LogP contribution in [-0.2, 0) is 0 Å². The Morgan fingerprint density at radius 3 is 2.85 bits per heavy atom. The van der Waals surface area contributed by atoms with Crippen molar-refractivity contribution >= 4 is 5.69 Å². The second kappa shape index (κ2) is 6.98. The van der Waals surface area contributed by atoms with Crippen molar-refractivity contribution in [3.8, 4) is 5.75 Å². The number of ether oxygens (including phenoxy) is 1. The minimum absolute atomic E-state index is 0.147. The highest BCUT2D eigenvalue weighted by Crippen LogP contribution is 2.32. The first-order valence-electron chi connectivity index (χ1n) is 7.67. The van der Waals surface area contributed by atoms with Crippen LogP contribution in [0, 0.1) is 11.8 Å². The monoisotopic (exact) mass is 277 g/mol. The fourth-order valence-corrected chi connectivity index (χ4v) is 3.22. The van der Waals surface area contributed by atoms with E-state index >= 15 is 0 Å². The summed E-state index contributed by atoms with van der Waals surface area (Å²) in [5, 5.41) is 10.2. The average molecular weight is 277 g/mol. The van der Waals surface area contributed by atoms with Gasteiger partial charge in [-0.05, 0) is 37.3 Å². The van der Waals surface area contributed by atoms with E-state index in [0.717, 1.165) is 36.7 Å². The average Bonchev–Trinajstić information content (AvgIpc) is 2.49. The smallest absolute Gasteiger partial charge is 0.120 e. The molecule has 1 aliphatic rings. The van der Waals surface area contributed by atoms with Gasteiger partial charge in [-0.3, -0.25) is 0 Å². The zero-order chi connectivity index (χ0) is 14.5. The van der Waals surface area contributed by atoms with Gasteiger partial charge in [-0.2, -0.15) is 0 Å². The lowest BCUT2D eigenvalue weighted by Gasteiger charge is -2.36. The largest absolute Gasteiger partial charge is 0.497 e. The van der Waals surface area contributed by atoms with E-state index in [1.54, 1.807) is 7.11 Å².